The van der Waals surface area contributed by atoms with Crippen molar-refractivity contribution in [2.75, 3.05) is 18.9 Å². The van der Waals surface area contributed by atoms with Crippen molar-refractivity contribution in [1.82, 2.24) is 14.9 Å². The van der Waals surface area contributed by atoms with Gasteiger partial charge in [-0.3, -0.25) is 9.78 Å². The summed E-state index contributed by atoms with van der Waals surface area (Å²) in [5.74, 6) is 0.731. The summed E-state index contributed by atoms with van der Waals surface area (Å²) in [6, 6.07) is 15.9. The zero-order chi connectivity index (χ0) is 19.1. The highest BCUT2D eigenvalue weighted by molar-refractivity contribution is 5.93. The number of aryl methyl sites for hydroxylation is 1. The van der Waals surface area contributed by atoms with Crippen LogP contribution in [-0.4, -0.2) is 34.4 Å². The van der Waals surface area contributed by atoms with E-state index >= 15 is 0 Å². The maximum absolute atomic E-state index is 12.5. The number of carbonyl (C=O) groups is 1. The van der Waals surface area contributed by atoms with Crippen molar-refractivity contribution in [1.29, 1.82) is 0 Å². The normalized spacial score (nSPS) is 10.4. The zero-order valence-corrected chi connectivity index (χ0v) is 15.7. The maximum Gasteiger partial charge on any atom is 0.255 e. The molecule has 138 valence electrons. The molecule has 5 heteroatoms. The number of anilines is 1. The number of pyridine rings is 2. The standard InChI is InChI=1S/C22H24N4O/c1-17-4-3-5-19(14-17)15-24-21-7-6-20(16-25-21)22(27)26(2)13-10-18-8-11-23-12-9-18/h3-9,11-12,14,16H,10,13,15H2,1-2H3,(H,24,25). The van der Waals surface area contributed by atoms with Gasteiger partial charge in [0.25, 0.3) is 5.91 Å². The highest BCUT2D eigenvalue weighted by atomic mass is 16.2. The fraction of sp³-hybridized carbons (Fsp3) is 0.227. The second-order valence-electron chi connectivity index (χ2n) is 6.61. The number of benzene rings is 1. The van der Waals surface area contributed by atoms with Crippen molar-refractivity contribution >= 4 is 11.7 Å². The summed E-state index contributed by atoms with van der Waals surface area (Å²) in [4.78, 5) is 22.6. The Labute approximate surface area is 160 Å². The summed E-state index contributed by atoms with van der Waals surface area (Å²) in [6.45, 7) is 3.43. The average Bonchev–Trinajstić information content (AvgIpc) is 2.71. The molecule has 0 saturated heterocycles. The molecule has 0 radical (unpaired) electrons. The zero-order valence-electron chi connectivity index (χ0n) is 15.7. The number of carbonyl (C=O) groups excluding carboxylic acids is 1. The van der Waals surface area contributed by atoms with E-state index in [4.69, 9.17) is 0 Å². The SMILES string of the molecule is Cc1cccc(CNc2ccc(C(=O)N(C)CCc3ccncc3)cn2)c1. The molecule has 0 atom stereocenters. The van der Waals surface area contributed by atoms with E-state index in [2.05, 4.69) is 40.4 Å². The summed E-state index contributed by atoms with van der Waals surface area (Å²) in [5, 5.41) is 3.29. The van der Waals surface area contributed by atoms with Crippen molar-refractivity contribution < 1.29 is 4.79 Å². The van der Waals surface area contributed by atoms with Crippen molar-refractivity contribution in [2.24, 2.45) is 0 Å². The number of aromatic nitrogens is 2. The summed E-state index contributed by atoms with van der Waals surface area (Å²) in [7, 11) is 1.81. The van der Waals surface area contributed by atoms with Crippen molar-refractivity contribution in [3.05, 3.63) is 89.4 Å². The largest absolute Gasteiger partial charge is 0.366 e. The molecule has 0 aliphatic carbocycles. The van der Waals surface area contributed by atoms with Gasteiger partial charge in [-0.05, 0) is 48.7 Å². The quantitative estimate of drug-likeness (QED) is 0.698. The fourth-order valence-corrected chi connectivity index (χ4v) is 2.81. The van der Waals surface area contributed by atoms with Gasteiger partial charge in [0.2, 0.25) is 0 Å². The topological polar surface area (TPSA) is 58.1 Å². The molecule has 0 unspecified atom stereocenters. The van der Waals surface area contributed by atoms with E-state index in [-0.39, 0.29) is 5.91 Å². The third-order valence-electron chi connectivity index (χ3n) is 4.40. The van der Waals surface area contributed by atoms with Crippen LogP contribution in [0, 0.1) is 6.92 Å². The Kier molecular flexibility index (Phi) is 6.15. The molecule has 0 fully saturated rings. The van der Waals surface area contributed by atoms with Crippen LogP contribution in [0.5, 0.6) is 0 Å². The molecule has 0 aliphatic rings. The van der Waals surface area contributed by atoms with Crippen LogP contribution in [0.3, 0.4) is 0 Å². The smallest absolute Gasteiger partial charge is 0.255 e. The molecular weight excluding hydrogens is 336 g/mol. The summed E-state index contributed by atoms with van der Waals surface area (Å²) in [6.07, 6.45) is 5.96. The first-order valence-corrected chi connectivity index (χ1v) is 9.01. The highest BCUT2D eigenvalue weighted by Crippen LogP contribution is 2.11. The molecule has 1 N–H and O–H groups in total. The van der Waals surface area contributed by atoms with Crippen LogP contribution < -0.4 is 5.32 Å². The van der Waals surface area contributed by atoms with Gasteiger partial charge in [0.05, 0.1) is 5.56 Å². The van der Waals surface area contributed by atoms with Crippen LogP contribution in [0.2, 0.25) is 0 Å². The van der Waals surface area contributed by atoms with Crippen molar-refractivity contribution in [2.45, 2.75) is 19.9 Å². The van der Waals surface area contributed by atoms with E-state index < -0.39 is 0 Å². The van der Waals surface area contributed by atoms with Gasteiger partial charge >= 0.3 is 0 Å². The van der Waals surface area contributed by atoms with E-state index in [0.29, 0.717) is 18.7 Å². The molecule has 3 rings (SSSR count). The Bertz CT molecular complexity index is 878. The van der Waals surface area contributed by atoms with E-state index in [9.17, 15) is 4.79 Å². The minimum absolute atomic E-state index is 0.0261. The van der Waals surface area contributed by atoms with Gasteiger partial charge in [0.1, 0.15) is 5.82 Å². The first-order chi connectivity index (χ1) is 13.1. The lowest BCUT2D eigenvalue weighted by atomic mass is 10.1. The summed E-state index contributed by atoms with van der Waals surface area (Å²) >= 11 is 0. The molecule has 1 aromatic carbocycles. The first-order valence-electron chi connectivity index (χ1n) is 9.01. The Morgan fingerprint density at radius 3 is 2.59 bits per heavy atom. The van der Waals surface area contributed by atoms with E-state index in [1.54, 1.807) is 23.5 Å². The Hall–Kier alpha value is -3.21. The van der Waals surface area contributed by atoms with Gasteiger partial charge in [0, 0.05) is 38.7 Å². The monoisotopic (exact) mass is 360 g/mol. The number of likely N-dealkylation sites (N-methyl/N-ethyl adjacent to an activating group) is 1. The Morgan fingerprint density at radius 1 is 1.07 bits per heavy atom. The number of rotatable bonds is 7. The third-order valence-corrected chi connectivity index (χ3v) is 4.40. The Balaban J connectivity index is 1.53. The number of amides is 1. The van der Waals surface area contributed by atoms with Gasteiger partial charge in [0.15, 0.2) is 0 Å². The molecule has 27 heavy (non-hydrogen) atoms. The molecule has 0 spiro atoms. The van der Waals surface area contributed by atoms with Crippen LogP contribution in [0.25, 0.3) is 0 Å². The fourth-order valence-electron chi connectivity index (χ4n) is 2.81. The van der Waals surface area contributed by atoms with Gasteiger partial charge in [-0.1, -0.05) is 29.8 Å². The number of hydrogen-bond donors (Lipinski definition) is 1. The lowest BCUT2D eigenvalue weighted by Gasteiger charge is -2.17. The first kappa shape index (κ1) is 18.6. The minimum Gasteiger partial charge on any atom is -0.366 e. The van der Waals surface area contributed by atoms with Crippen molar-refractivity contribution in [3.8, 4) is 0 Å². The average molecular weight is 360 g/mol. The van der Waals surface area contributed by atoms with Crippen LogP contribution in [0.15, 0.2) is 67.1 Å². The molecule has 0 bridgehead atoms. The molecule has 5 nitrogen and oxygen atoms in total. The maximum atomic E-state index is 12.5. The van der Waals surface area contributed by atoms with Gasteiger partial charge < -0.3 is 10.2 Å². The van der Waals surface area contributed by atoms with Crippen LogP contribution >= 0.6 is 0 Å². The van der Waals surface area contributed by atoms with E-state index in [0.717, 1.165) is 12.2 Å². The predicted octanol–water partition coefficient (Wildman–Crippen LogP) is 3.71. The Morgan fingerprint density at radius 2 is 1.89 bits per heavy atom. The lowest BCUT2D eigenvalue weighted by molar-refractivity contribution is 0.0796. The second-order valence-corrected chi connectivity index (χ2v) is 6.61. The number of hydrogen-bond acceptors (Lipinski definition) is 4. The lowest BCUT2D eigenvalue weighted by Crippen LogP contribution is -2.29. The summed E-state index contributed by atoms with van der Waals surface area (Å²) < 4.78 is 0. The van der Waals surface area contributed by atoms with Gasteiger partial charge in [-0.15, -0.1) is 0 Å². The summed E-state index contributed by atoms with van der Waals surface area (Å²) in [5.41, 5.74) is 4.19. The molecule has 0 saturated carbocycles. The van der Waals surface area contributed by atoms with Crippen LogP contribution in [0.1, 0.15) is 27.0 Å². The number of nitrogens with zero attached hydrogens (tertiary/aromatic N) is 3. The molecule has 1 amide bonds. The molecular formula is C22H24N4O. The molecule has 2 heterocycles. The van der Waals surface area contributed by atoms with Crippen LogP contribution in [0.4, 0.5) is 5.82 Å². The van der Waals surface area contributed by atoms with E-state index in [1.165, 1.54) is 16.7 Å². The predicted molar refractivity (Wildman–Crippen MR) is 108 cm³/mol. The molecule has 3 aromatic rings. The minimum atomic E-state index is -0.0261. The van der Waals surface area contributed by atoms with Crippen LogP contribution in [-0.2, 0) is 13.0 Å². The van der Waals surface area contributed by atoms with E-state index in [1.807, 2.05) is 37.4 Å². The second kappa shape index (κ2) is 8.94. The van der Waals surface area contributed by atoms with Gasteiger partial charge in [-0.2, -0.15) is 0 Å². The highest BCUT2D eigenvalue weighted by Gasteiger charge is 2.12. The number of nitrogens with one attached hydrogen (secondary N) is 1. The molecule has 2 aromatic heterocycles. The molecule has 0 aliphatic heterocycles. The van der Waals surface area contributed by atoms with Gasteiger partial charge in [-0.25, -0.2) is 4.98 Å². The third kappa shape index (κ3) is 5.38. The van der Waals surface area contributed by atoms with Crippen molar-refractivity contribution in [3.63, 3.8) is 0 Å².